The second-order valence-corrected chi connectivity index (χ2v) is 4.47. The monoisotopic (exact) mass is 223 g/mol. The number of aryl methyl sites for hydroxylation is 1. The largest absolute Gasteiger partial charge is 0.372 e. The van der Waals surface area contributed by atoms with Crippen molar-refractivity contribution in [3.63, 3.8) is 0 Å². The van der Waals surface area contributed by atoms with Gasteiger partial charge >= 0.3 is 0 Å². The number of rotatable bonds is 5. The molecule has 4 nitrogen and oxygen atoms in total. The molecule has 1 aromatic rings. The van der Waals surface area contributed by atoms with Crippen molar-refractivity contribution in [2.24, 2.45) is 13.0 Å². The van der Waals surface area contributed by atoms with Crippen LogP contribution in [0.4, 0.5) is 0 Å². The molecule has 0 spiro atoms. The molecular formula is C12H21N3O. The number of hydrogen-bond acceptors (Lipinski definition) is 3. The highest BCUT2D eigenvalue weighted by atomic mass is 16.5. The molecule has 0 radical (unpaired) electrons. The highest BCUT2D eigenvalue weighted by Crippen LogP contribution is 2.33. The molecule has 1 aromatic heterocycles. The molecule has 0 amide bonds. The molecular weight excluding hydrogens is 202 g/mol. The fraction of sp³-hybridized carbons (Fsp3) is 0.750. The van der Waals surface area contributed by atoms with Crippen LogP contribution in [0, 0.1) is 5.92 Å². The van der Waals surface area contributed by atoms with Gasteiger partial charge in [-0.05, 0) is 19.4 Å². The Morgan fingerprint density at radius 2 is 2.50 bits per heavy atom. The maximum Gasteiger partial charge on any atom is 0.103 e. The van der Waals surface area contributed by atoms with Gasteiger partial charge in [-0.1, -0.05) is 6.92 Å². The Kier molecular flexibility index (Phi) is 3.96. The first-order valence-corrected chi connectivity index (χ1v) is 6.11. The van der Waals surface area contributed by atoms with E-state index < -0.39 is 0 Å². The summed E-state index contributed by atoms with van der Waals surface area (Å²) in [5, 5.41) is 3.48. The molecule has 1 aliphatic heterocycles. The summed E-state index contributed by atoms with van der Waals surface area (Å²) in [5.41, 5.74) is 1.20. The van der Waals surface area contributed by atoms with Gasteiger partial charge < -0.3 is 14.6 Å². The lowest BCUT2D eigenvalue weighted by molar-refractivity contribution is 0.0848. The Labute approximate surface area is 97.0 Å². The molecule has 0 saturated carbocycles. The van der Waals surface area contributed by atoms with Gasteiger partial charge in [-0.3, -0.25) is 0 Å². The summed E-state index contributed by atoms with van der Waals surface area (Å²) in [4.78, 5) is 4.16. The Morgan fingerprint density at radius 3 is 3.19 bits per heavy atom. The van der Waals surface area contributed by atoms with Crippen LogP contribution in [0.25, 0.3) is 0 Å². The van der Waals surface area contributed by atoms with Gasteiger partial charge in [0.2, 0.25) is 0 Å². The van der Waals surface area contributed by atoms with Gasteiger partial charge in [0.05, 0.1) is 18.2 Å². The fourth-order valence-electron chi connectivity index (χ4n) is 2.28. The first kappa shape index (κ1) is 11.6. The van der Waals surface area contributed by atoms with E-state index in [1.165, 1.54) is 12.1 Å². The van der Waals surface area contributed by atoms with E-state index in [2.05, 4.69) is 21.8 Å². The van der Waals surface area contributed by atoms with Crippen molar-refractivity contribution in [2.45, 2.75) is 25.9 Å². The summed E-state index contributed by atoms with van der Waals surface area (Å²) in [5.74, 6) is 0.585. The van der Waals surface area contributed by atoms with Crippen molar-refractivity contribution in [1.82, 2.24) is 14.9 Å². The normalized spacial score (nSPS) is 25.1. The quantitative estimate of drug-likeness (QED) is 0.769. The molecule has 0 aliphatic carbocycles. The molecule has 4 heteroatoms. The van der Waals surface area contributed by atoms with Crippen LogP contribution in [0.2, 0.25) is 0 Å². The third-order valence-corrected chi connectivity index (χ3v) is 3.19. The Hall–Kier alpha value is -0.870. The van der Waals surface area contributed by atoms with Gasteiger partial charge in [-0.25, -0.2) is 4.98 Å². The smallest absolute Gasteiger partial charge is 0.103 e. The van der Waals surface area contributed by atoms with Gasteiger partial charge in [-0.15, -0.1) is 0 Å². The van der Waals surface area contributed by atoms with Crippen LogP contribution in [0.3, 0.4) is 0 Å². The summed E-state index contributed by atoms with van der Waals surface area (Å²) < 4.78 is 7.88. The van der Waals surface area contributed by atoms with Crippen molar-refractivity contribution in [3.05, 3.63) is 18.2 Å². The highest BCUT2D eigenvalue weighted by Gasteiger charge is 2.30. The molecule has 90 valence electrons. The van der Waals surface area contributed by atoms with E-state index in [4.69, 9.17) is 4.74 Å². The number of hydrogen-bond donors (Lipinski definition) is 1. The maximum atomic E-state index is 5.82. The van der Waals surface area contributed by atoms with Gasteiger partial charge in [0.1, 0.15) is 6.10 Å². The number of imidazole rings is 1. The summed E-state index contributed by atoms with van der Waals surface area (Å²) >= 11 is 0. The Balaban J connectivity index is 1.95. The van der Waals surface area contributed by atoms with Crippen LogP contribution in [0.5, 0.6) is 0 Å². The van der Waals surface area contributed by atoms with Gasteiger partial charge in [0.25, 0.3) is 0 Å². The first-order valence-electron chi connectivity index (χ1n) is 6.11. The second-order valence-electron chi connectivity index (χ2n) is 4.47. The second kappa shape index (κ2) is 5.46. The SMILES string of the molecule is CCCNCC1CCOC1c1cncn1C. The van der Waals surface area contributed by atoms with E-state index in [1.807, 2.05) is 19.6 Å². The Morgan fingerprint density at radius 1 is 1.62 bits per heavy atom. The van der Waals surface area contributed by atoms with Crippen molar-refractivity contribution >= 4 is 0 Å². The minimum absolute atomic E-state index is 0.219. The lowest BCUT2D eigenvalue weighted by atomic mass is 9.99. The standard InChI is InChI=1S/C12H21N3O/c1-3-5-13-7-10-4-6-16-12(10)11-8-14-9-15(11)2/h8-10,12-13H,3-7H2,1-2H3. The fourth-order valence-corrected chi connectivity index (χ4v) is 2.28. The number of aromatic nitrogens is 2. The predicted octanol–water partition coefficient (Wildman–Crippen LogP) is 1.50. The Bertz CT molecular complexity index is 324. The summed E-state index contributed by atoms with van der Waals surface area (Å²) in [6.07, 6.45) is 6.31. The van der Waals surface area contributed by atoms with Crippen LogP contribution >= 0.6 is 0 Å². The van der Waals surface area contributed by atoms with Crippen LogP contribution in [0.1, 0.15) is 31.6 Å². The van der Waals surface area contributed by atoms with E-state index in [1.54, 1.807) is 0 Å². The topological polar surface area (TPSA) is 39.1 Å². The third-order valence-electron chi connectivity index (χ3n) is 3.19. The van der Waals surface area contributed by atoms with Crippen LogP contribution in [0.15, 0.2) is 12.5 Å². The zero-order valence-corrected chi connectivity index (χ0v) is 10.1. The zero-order chi connectivity index (χ0) is 11.4. The van der Waals surface area contributed by atoms with Crippen molar-refractivity contribution < 1.29 is 4.74 Å². The maximum absolute atomic E-state index is 5.82. The molecule has 0 aromatic carbocycles. The van der Waals surface area contributed by atoms with E-state index in [0.717, 1.165) is 26.1 Å². The molecule has 1 N–H and O–H groups in total. The van der Waals surface area contributed by atoms with Crippen LogP contribution in [-0.2, 0) is 11.8 Å². The molecule has 2 heterocycles. The average Bonchev–Trinajstić information content (AvgIpc) is 2.87. The lowest BCUT2D eigenvalue weighted by Gasteiger charge is -2.19. The number of ether oxygens (including phenoxy) is 1. The third kappa shape index (κ3) is 2.44. The zero-order valence-electron chi connectivity index (χ0n) is 10.1. The van der Waals surface area contributed by atoms with Gasteiger partial charge in [0.15, 0.2) is 0 Å². The van der Waals surface area contributed by atoms with Crippen molar-refractivity contribution in [2.75, 3.05) is 19.7 Å². The predicted molar refractivity (Wildman–Crippen MR) is 63.2 cm³/mol. The van der Waals surface area contributed by atoms with Crippen LogP contribution < -0.4 is 5.32 Å². The minimum Gasteiger partial charge on any atom is -0.372 e. The molecule has 1 saturated heterocycles. The number of nitrogens with zero attached hydrogens (tertiary/aromatic N) is 2. The summed E-state index contributed by atoms with van der Waals surface area (Å²) in [6, 6.07) is 0. The molecule has 1 fully saturated rings. The minimum atomic E-state index is 0.219. The van der Waals surface area contributed by atoms with Crippen LogP contribution in [-0.4, -0.2) is 29.2 Å². The molecule has 2 atom stereocenters. The van der Waals surface area contributed by atoms with Gasteiger partial charge in [0, 0.05) is 26.1 Å². The first-order chi connectivity index (χ1) is 7.83. The molecule has 0 bridgehead atoms. The molecule has 2 unspecified atom stereocenters. The highest BCUT2D eigenvalue weighted by molar-refractivity contribution is 5.06. The lowest BCUT2D eigenvalue weighted by Crippen LogP contribution is -2.26. The average molecular weight is 223 g/mol. The van der Waals surface area contributed by atoms with E-state index in [9.17, 15) is 0 Å². The summed E-state index contributed by atoms with van der Waals surface area (Å²) in [6.45, 7) is 5.20. The van der Waals surface area contributed by atoms with Crippen molar-refractivity contribution in [1.29, 1.82) is 0 Å². The van der Waals surface area contributed by atoms with Gasteiger partial charge in [-0.2, -0.15) is 0 Å². The summed E-state index contributed by atoms with van der Waals surface area (Å²) in [7, 11) is 2.03. The van der Waals surface area contributed by atoms with E-state index in [0.29, 0.717) is 5.92 Å². The van der Waals surface area contributed by atoms with Crippen molar-refractivity contribution in [3.8, 4) is 0 Å². The number of nitrogens with one attached hydrogen (secondary N) is 1. The molecule has 2 rings (SSSR count). The molecule has 16 heavy (non-hydrogen) atoms. The van der Waals surface area contributed by atoms with E-state index in [-0.39, 0.29) is 6.10 Å². The molecule has 1 aliphatic rings. The van der Waals surface area contributed by atoms with E-state index >= 15 is 0 Å².